The number of alkyl halides is 1. The van der Waals surface area contributed by atoms with Crippen molar-refractivity contribution in [3.05, 3.63) is 0 Å². The van der Waals surface area contributed by atoms with Gasteiger partial charge in [0.15, 0.2) is 0 Å². The van der Waals surface area contributed by atoms with E-state index in [1.54, 1.807) is 0 Å². The monoisotopic (exact) mass is 260 g/mol. The second kappa shape index (κ2) is 4.62. The van der Waals surface area contributed by atoms with Crippen LogP contribution in [-0.2, 0) is 4.79 Å². The highest BCUT2D eigenvalue weighted by atomic mass is 79.9. The Morgan fingerprint density at radius 3 is 2.86 bits per heavy atom. The standard InChI is InChI=1S/C10H17BrN2O/c11-5-3-10(14)12-8-4-6-13(7-8)9-1-2-9/h8-9H,1-7H2,(H,12,14). The first-order chi connectivity index (χ1) is 6.79. The molecule has 14 heavy (non-hydrogen) atoms. The maximum Gasteiger partial charge on any atom is 0.221 e. The Morgan fingerprint density at radius 1 is 1.43 bits per heavy atom. The van der Waals surface area contributed by atoms with Gasteiger partial charge in [-0.3, -0.25) is 9.69 Å². The van der Waals surface area contributed by atoms with E-state index in [0.29, 0.717) is 12.5 Å². The van der Waals surface area contributed by atoms with Gasteiger partial charge < -0.3 is 5.32 Å². The molecule has 2 aliphatic rings. The van der Waals surface area contributed by atoms with E-state index >= 15 is 0 Å². The molecule has 1 saturated carbocycles. The lowest BCUT2D eigenvalue weighted by Gasteiger charge is -2.15. The van der Waals surface area contributed by atoms with E-state index in [1.165, 1.54) is 19.4 Å². The van der Waals surface area contributed by atoms with Crippen LogP contribution < -0.4 is 5.32 Å². The molecule has 1 atom stereocenters. The summed E-state index contributed by atoms with van der Waals surface area (Å²) in [5, 5.41) is 3.84. The van der Waals surface area contributed by atoms with Gasteiger partial charge in [-0.1, -0.05) is 15.9 Å². The minimum absolute atomic E-state index is 0.185. The zero-order chi connectivity index (χ0) is 9.97. The number of rotatable bonds is 4. The van der Waals surface area contributed by atoms with E-state index < -0.39 is 0 Å². The molecule has 0 spiro atoms. The second-order valence-corrected chi connectivity index (χ2v) is 5.01. The van der Waals surface area contributed by atoms with E-state index in [1.807, 2.05) is 0 Å². The van der Waals surface area contributed by atoms with Gasteiger partial charge in [0.05, 0.1) is 0 Å². The predicted molar refractivity (Wildman–Crippen MR) is 59.6 cm³/mol. The maximum atomic E-state index is 11.3. The first kappa shape index (κ1) is 10.4. The molecular weight excluding hydrogens is 244 g/mol. The van der Waals surface area contributed by atoms with E-state index in [4.69, 9.17) is 0 Å². The van der Waals surface area contributed by atoms with Crippen LogP contribution in [0.4, 0.5) is 0 Å². The zero-order valence-electron chi connectivity index (χ0n) is 8.34. The number of carbonyl (C=O) groups excluding carboxylic acids is 1. The molecule has 0 aromatic heterocycles. The summed E-state index contributed by atoms with van der Waals surface area (Å²) in [6.07, 6.45) is 4.45. The van der Waals surface area contributed by atoms with Crippen molar-refractivity contribution in [1.82, 2.24) is 10.2 Å². The molecule has 1 N–H and O–H groups in total. The first-order valence-electron chi connectivity index (χ1n) is 5.39. The molecule has 0 aromatic rings. The summed E-state index contributed by atoms with van der Waals surface area (Å²) in [7, 11) is 0. The summed E-state index contributed by atoms with van der Waals surface area (Å²) in [6.45, 7) is 2.24. The van der Waals surface area contributed by atoms with Gasteiger partial charge >= 0.3 is 0 Å². The molecule has 1 aliphatic carbocycles. The molecule has 0 aromatic carbocycles. The molecule has 1 amide bonds. The largest absolute Gasteiger partial charge is 0.352 e. The molecule has 4 heteroatoms. The Kier molecular flexibility index (Phi) is 3.44. The maximum absolute atomic E-state index is 11.3. The van der Waals surface area contributed by atoms with Crippen LogP contribution in [0.3, 0.4) is 0 Å². The summed E-state index contributed by atoms with van der Waals surface area (Å²) < 4.78 is 0. The minimum atomic E-state index is 0.185. The number of nitrogens with zero attached hydrogens (tertiary/aromatic N) is 1. The molecule has 1 aliphatic heterocycles. The van der Waals surface area contributed by atoms with Gasteiger partial charge in [0, 0.05) is 36.9 Å². The van der Waals surface area contributed by atoms with Crippen molar-refractivity contribution < 1.29 is 4.79 Å². The van der Waals surface area contributed by atoms with E-state index in [9.17, 15) is 4.79 Å². The van der Waals surface area contributed by atoms with Crippen LogP contribution in [-0.4, -0.2) is 41.3 Å². The SMILES string of the molecule is O=C(CCBr)NC1CCN(C2CC2)C1. The molecule has 2 rings (SSSR count). The van der Waals surface area contributed by atoms with Crippen molar-refractivity contribution in [2.24, 2.45) is 0 Å². The molecule has 0 radical (unpaired) electrons. The quantitative estimate of drug-likeness (QED) is 0.769. The van der Waals surface area contributed by atoms with Crippen LogP contribution in [0.5, 0.6) is 0 Å². The third kappa shape index (κ3) is 2.70. The number of carbonyl (C=O) groups is 1. The molecule has 1 saturated heterocycles. The molecule has 2 fully saturated rings. The van der Waals surface area contributed by atoms with Crippen molar-refractivity contribution >= 4 is 21.8 Å². The van der Waals surface area contributed by atoms with Crippen molar-refractivity contribution in [2.75, 3.05) is 18.4 Å². The second-order valence-electron chi connectivity index (χ2n) is 4.22. The average Bonchev–Trinajstić information content (AvgIpc) is 2.89. The zero-order valence-corrected chi connectivity index (χ0v) is 9.92. The smallest absolute Gasteiger partial charge is 0.221 e. The van der Waals surface area contributed by atoms with Crippen molar-refractivity contribution in [3.8, 4) is 0 Å². The van der Waals surface area contributed by atoms with Gasteiger partial charge in [-0.2, -0.15) is 0 Å². The van der Waals surface area contributed by atoms with Crippen LogP contribution in [0.1, 0.15) is 25.7 Å². The third-order valence-electron chi connectivity index (χ3n) is 2.97. The van der Waals surface area contributed by atoms with Crippen LogP contribution >= 0.6 is 15.9 Å². The van der Waals surface area contributed by atoms with Gasteiger partial charge in [0.1, 0.15) is 0 Å². The highest BCUT2D eigenvalue weighted by Gasteiger charge is 2.34. The molecule has 3 nitrogen and oxygen atoms in total. The Bertz CT molecular complexity index is 218. The highest BCUT2D eigenvalue weighted by molar-refractivity contribution is 9.09. The summed E-state index contributed by atoms with van der Waals surface area (Å²) in [6, 6.07) is 1.25. The number of halogens is 1. The lowest BCUT2D eigenvalue weighted by atomic mass is 10.2. The van der Waals surface area contributed by atoms with Gasteiger partial charge in [-0.15, -0.1) is 0 Å². The number of hydrogen-bond acceptors (Lipinski definition) is 2. The number of likely N-dealkylation sites (tertiary alicyclic amines) is 1. The lowest BCUT2D eigenvalue weighted by molar-refractivity contribution is -0.121. The normalized spacial score (nSPS) is 27.9. The summed E-state index contributed by atoms with van der Waals surface area (Å²) in [4.78, 5) is 13.8. The van der Waals surface area contributed by atoms with E-state index in [0.717, 1.165) is 24.3 Å². The molecular formula is C10H17BrN2O. The van der Waals surface area contributed by atoms with Crippen molar-refractivity contribution in [2.45, 2.75) is 37.8 Å². The molecule has 1 unspecified atom stereocenters. The summed E-state index contributed by atoms with van der Waals surface area (Å²) in [5.74, 6) is 0.185. The van der Waals surface area contributed by atoms with E-state index in [-0.39, 0.29) is 5.91 Å². The van der Waals surface area contributed by atoms with E-state index in [2.05, 4.69) is 26.1 Å². The van der Waals surface area contributed by atoms with Crippen LogP contribution in [0.2, 0.25) is 0 Å². The first-order valence-corrected chi connectivity index (χ1v) is 6.51. The van der Waals surface area contributed by atoms with Crippen molar-refractivity contribution in [1.29, 1.82) is 0 Å². The Morgan fingerprint density at radius 2 is 2.21 bits per heavy atom. The van der Waals surface area contributed by atoms with Gasteiger partial charge in [-0.05, 0) is 19.3 Å². The summed E-state index contributed by atoms with van der Waals surface area (Å²) in [5.41, 5.74) is 0. The van der Waals surface area contributed by atoms with Gasteiger partial charge in [-0.25, -0.2) is 0 Å². The lowest BCUT2D eigenvalue weighted by Crippen LogP contribution is -2.37. The average molecular weight is 261 g/mol. The summed E-state index contributed by atoms with van der Waals surface area (Å²) >= 11 is 3.27. The highest BCUT2D eigenvalue weighted by Crippen LogP contribution is 2.29. The Labute approximate surface area is 93.4 Å². The van der Waals surface area contributed by atoms with Crippen LogP contribution in [0, 0.1) is 0 Å². The van der Waals surface area contributed by atoms with Gasteiger partial charge in [0.25, 0.3) is 0 Å². The van der Waals surface area contributed by atoms with Crippen LogP contribution in [0.25, 0.3) is 0 Å². The number of nitrogens with one attached hydrogen (secondary N) is 1. The molecule has 80 valence electrons. The molecule has 0 bridgehead atoms. The fourth-order valence-corrected chi connectivity index (χ4v) is 2.42. The number of amides is 1. The topological polar surface area (TPSA) is 32.3 Å². The Hall–Kier alpha value is -0.0900. The Balaban J connectivity index is 1.69. The third-order valence-corrected chi connectivity index (χ3v) is 3.37. The fourth-order valence-electron chi connectivity index (χ4n) is 2.06. The van der Waals surface area contributed by atoms with Gasteiger partial charge in [0.2, 0.25) is 5.91 Å². The fraction of sp³-hybridized carbons (Fsp3) is 0.900. The van der Waals surface area contributed by atoms with Crippen molar-refractivity contribution in [3.63, 3.8) is 0 Å². The minimum Gasteiger partial charge on any atom is -0.352 e. The molecule has 1 heterocycles. The van der Waals surface area contributed by atoms with Crippen LogP contribution in [0.15, 0.2) is 0 Å². The predicted octanol–water partition coefficient (Wildman–Crippen LogP) is 1.12. The number of hydrogen-bond donors (Lipinski definition) is 1.